The molecule has 1 heterocycles. The summed E-state index contributed by atoms with van der Waals surface area (Å²) in [5, 5.41) is 0. The molecule has 0 radical (unpaired) electrons. The van der Waals surface area contributed by atoms with Gasteiger partial charge in [0.05, 0.1) is 6.61 Å². The number of nitrogens with two attached hydrogens (primary N) is 1. The van der Waals surface area contributed by atoms with Crippen LogP contribution in [0.15, 0.2) is 6.07 Å². The summed E-state index contributed by atoms with van der Waals surface area (Å²) in [6.07, 6.45) is -10.6. The Labute approximate surface area is 109 Å². The lowest BCUT2D eigenvalue weighted by molar-refractivity contribution is -0.141. The average molecular weight is 304 g/mol. The Kier molecular flexibility index (Phi) is 4.98. The summed E-state index contributed by atoms with van der Waals surface area (Å²) in [5.74, 6) is 3.83. The van der Waals surface area contributed by atoms with Crippen molar-refractivity contribution < 1.29 is 31.1 Å². The van der Waals surface area contributed by atoms with Gasteiger partial charge in [0.25, 0.3) is 0 Å². The van der Waals surface area contributed by atoms with Crippen LogP contribution >= 0.6 is 0 Å². The fourth-order valence-corrected chi connectivity index (χ4v) is 1.16. The summed E-state index contributed by atoms with van der Waals surface area (Å²) >= 11 is 0. The van der Waals surface area contributed by atoms with E-state index in [-0.39, 0.29) is 0 Å². The number of nitrogen functional groups attached to an aromatic ring is 1. The first-order chi connectivity index (χ1) is 9.12. The monoisotopic (exact) mass is 304 g/mol. The molecule has 0 fully saturated rings. The fraction of sp³-hybridized carbons (Fsp3) is 0.556. The molecule has 11 heteroatoms. The van der Waals surface area contributed by atoms with E-state index >= 15 is 0 Å². The minimum absolute atomic E-state index is 0.403. The van der Waals surface area contributed by atoms with E-state index < -0.39 is 49.3 Å². The fourth-order valence-electron chi connectivity index (χ4n) is 1.16. The molecule has 0 saturated carbocycles. The highest BCUT2D eigenvalue weighted by molar-refractivity contribution is 5.30. The summed E-state index contributed by atoms with van der Waals surface area (Å²) < 4.78 is 77.7. The molecular formula is C9H10F6N4O. The van der Waals surface area contributed by atoms with E-state index in [1.807, 2.05) is 5.43 Å². The lowest BCUT2D eigenvalue weighted by Gasteiger charge is -2.11. The number of halogens is 6. The second kappa shape index (κ2) is 6.11. The Morgan fingerprint density at radius 1 is 1.15 bits per heavy atom. The van der Waals surface area contributed by atoms with Crippen molar-refractivity contribution in [2.75, 3.05) is 12.0 Å². The van der Waals surface area contributed by atoms with Gasteiger partial charge in [0.2, 0.25) is 11.8 Å². The van der Waals surface area contributed by atoms with Gasteiger partial charge in [-0.1, -0.05) is 0 Å². The van der Waals surface area contributed by atoms with Crippen molar-refractivity contribution in [3.05, 3.63) is 11.8 Å². The van der Waals surface area contributed by atoms with Crippen LogP contribution in [0, 0.1) is 0 Å². The molecule has 0 atom stereocenters. The van der Waals surface area contributed by atoms with Gasteiger partial charge in [-0.05, 0) is 6.42 Å². The van der Waals surface area contributed by atoms with Gasteiger partial charge in [0, 0.05) is 12.5 Å². The van der Waals surface area contributed by atoms with Gasteiger partial charge in [-0.2, -0.15) is 31.3 Å². The normalized spacial score (nSPS) is 12.3. The number of rotatable bonds is 5. The number of hydrogen-bond donors (Lipinski definition) is 2. The van der Waals surface area contributed by atoms with E-state index in [1.165, 1.54) is 0 Å². The molecule has 0 unspecified atom stereocenters. The van der Waals surface area contributed by atoms with Crippen molar-refractivity contribution in [3.8, 4) is 5.88 Å². The maximum Gasteiger partial charge on any atom is 0.433 e. The molecule has 1 aromatic rings. The summed E-state index contributed by atoms with van der Waals surface area (Å²) in [5.41, 5.74) is 0.499. The number of alkyl halides is 6. The molecule has 0 amide bonds. The molecule has 20 heavy (non-hydrogen) atoms. The Balaban J connectivity index is 2.70. The van der Waals surface area contributed by atoms with Crippen LogP contribution in [0.25, 0.3) is 0 Å². The highest BCUT2D eigenvalue weighted by atomic mass is 19.4. The minimum atomic E-state index is -4.75. The van der Waals surface area contributed by atoms with Crippen LogP contribution < -0.4 is 16.0 Å². The second-order valence-electron chi connectivity index (χ2n) is 3.62. The standard InChI is InChI=1S/C9H10F6N4O/c10-8(11,12)2-1-3-20-6-4-5(9(13,14)15)17-7(18-6)19-16/h4H,1-3,16H2,(H,17,18,19). The van der Waals surface area contributed by atoms with Crippen LogP contribution in [-0.4, -0.2) is 22.8 Å². The molecule has 0 saturated heterocycles. The van der Waals surface area contributed by atoms with E-state index in [2.05, 4.69) is 9.97 Å². The second-order valence-corrected chi connectivity index (χ2v) is 3.62. The Morgan fingerprint density at radius 2 is 1.80 bits per heavy atom. The highest BCUT2D eigenvalue weighted by Gasteiger charge is 2.34. The Hall–Kier alpha value is -1.78. The summed E-state index contributed by atoms with van der Waals surface area (Å²) in [6, 6.07) is 0.481. The first kappa shape index (κ1) is 16.3. The van der Waals surface area contributed by atoms with Gasteiger partial charge in [-0.3, -0.25) is 5.43 Å². The first-order valence-corrected chi connectivity index (χ1v) is 5.24. The Bertz CT molecular complexity index is 447. The molecule has 0 aliphatic heterocycles. The van der Waals surface area contributed by atoms with Crippen LogP contribution in [-0.2, 0) is 6.18 Å². The van der Waals surface area contributed by atoms with Crippen LogP contribution in [0.1, 0.15) is 18.5 Å². The molecule has 3 N–H and O–H groups in total. The highest BCUT2D eigenvalue weighted by Crippen LogP contribution is 2.30. The van der Waals surface area contributed by atoms with Crippen LogP contribution in [0.2, 0.25) is 0 Å². The van der Waals surface area contributed by atoms with E-state index in [0.717, 1.165) is 0 Å². The molecule has 0 aliphatic carbocycles. The smallest absolute Gasteiger partial charge is 0.433 e. The zero-order valence-corrected chi connectivity index (χ0v) is 9.85. The van der Waals surface area contributed by atoms with Gasteiger partial charge in [-0.15, -0.1) is 0 Å². The van der Waals surface area contributed by atoms with E-state index in [4.69, 9.17) is 10.6 Å². The molecule has 1 aromatic heterocycles. The number of ether oxygens (including phenoxy) is 1. The van der Waals surface area contributed by atoms with E-state index in [0.29, 0.717) is 6.07 Å². The Morgan fingerprint density at radius 3 is 2.30 bits per heavy atom. The largest absolute Gasteiger partial charge is 0.478 e. The SMILES string of the molecule is NNc1nc(OCCCC(F)(F)F)cc(C(F)(F)F)n1. The number of nitrogens with zero attached hydrogens (tertiary/aromatic N) is 2. The van der Waals surface area contributed by atoms with E-state index in [1.54, 1.807) is 0 Å². The van der Waals surface area contributed by atoms with Crippen molar-refractivity contribution in [3.63, 3.8) is 0 Å². The van der Waals surface area contributed by atoms with Gasteiger partial charge in [0.1, 0.15) is 0 Å². The van der Waals surface area contributed by atoms with Crippen molar-refractivity contribution in [2.45, 2.75) is 25.2 Å². The average Bonchev–Trinajstić information content (AvgIpc) is 2.32. The van der Waals surface area contributed by atoms with Crippen LogP contribution in [0.5, 0.6) is 5.88 Å². The van der Waals surface area contributed by atoms with Crippen molar-refractivity contribution in [1.82, 2.24) is 9.97 Å². The molecule has 114 valence electrons. The maximum atomic E-state index is 12.5. The number of anilines is 1. The van der Waals surface area contributed by atoms with Crippen LogP contribution in [0.4, 0.5) is 32.3 Å². The van der Waals surface area contributed by atoms with Crippen LogP contribution in [0.3, 0.4) is 0 Å². The summed E-state index contributed by atoms with van der Waals surface area (Å²) in [6.45, 7) is -0.433. The molecule has 0 aromatic carbocycles. The number of nitrogens with one attached hydrogen (secondary N) is 1. The summed E-state index contributed by atoms with van der Waals surface area (Å²) in [4.78, 5) is 6.51. The lowest BCUT2D eigenvalue weighted by atomic mass is 10.3. The van der Waals surface area contributed by atoms with Gasteiger partial charge in [0.15, 0.2) is 5.69 Å². The summed E-state index contributed by atoms with van der Waals surface area (Å²) in [7, 11) is 0. The third kappa shape index (κ3) is 5.47. The van der Waals surface area contributed by atoms with Gasteiger partial charge in [-0.25, -0.2) is 10.8 Å². The lowest BCUT2D eigenvalue weighted by Crippen LogP contribution is -2.16. The predicted molar refractivity (Wildman–Crippen MR) is 55.6 cm³/mol. The molecule has 0 aliphatic rings. The van der Waals surface area contributed by atoms with Crippen molar-refractivity contribution in [1.29, 1.82) is 0 Å². The van der Waals surface area contributed by atoms with E-state index in [9.17, 15) is 26.3 Å². The molecule has 0 spiro atoms. The van der Waals surface area contributed by atoms with Crippen molar-refractivity contribution >= 4 is 5.95 Å². The first-order valence-electron chi connectivity index (χ1n) is 5.24. The maximum absolute atomic E-state index is 12.5. The topological polar surface area (TPSA) is 73.1 Å². The molecule has 1 rings (SSSR count). The molecule has 0 bridgehead atoms. The van der Waals surface area contributed by atoms with Crippen molar-refractivity contribution in [2.24, 2.45) is 5.84 Å². The van der Waals surface area contributed by atoms with Gasteiger partial charge >= 0.3 is 12.4 Å². The predicted octanol–water partition coefficient (Wildman–Crippen LogP) is 2.50. The third-order valence-electron chi connectivity index (χ3n) is 1.98. The van der Waals surface area contributed by atoms with Gasteiger partial charge < -0.3 is 4.74 Å². The molecule has 5 nitrogen and oxygen atoms in total. The third-order valence-corrected chi connectivity index (χ3v) is 1.98. The minimum Gasteiger partial charge on any atom is -0.478 e. The number of hydrazine groups is 1. The number of aromatic nitrogens is 2. The zero-order valence-electron chi connectivity index (χ0n) is 9.85. The zero-order chi connectivity index (χ0) is 15.4. The molecular weight excluding hydrogens is 294 g/mol. The number of hydrogen-bond acceptors (Lipinski definition) is 5. The quantitative estimate of drug-likeness (QED) is 0.378.